The van der Waals surface area contributed by atoms with Gasteiger partial charge < -0.3 is 13.9 Å². The van der Waals surface area contributed by atoms with Gasteiger partial charge in [-0.2, -0.15) is 0 Å². The van der Waals surface area contributed by atoms with E-state index in [9.17, 15) is 9.59 Å². The predicted molar refractivity (Wildman–Crippen MR) is 93.7 cm³/mol. The van der Waals surface area contributed by atoms with Gasteiger partial charge in [0.05, 0.1) is 0 Å². The molecule has 126 valence electrons. The number of likely N-dealkylation sites (tertiary alicyclic amines) is 1. The predicted octanol–water partition coefficient (Wildman–Crippen LogP) is 2.85. The van der Waals surface area contributed by atoms with E-state index in [4.69, 9.17) is 4.42 Å². The summed E-state index contributed by atoms with van der Waals surface area (Å²) in [5.41, 5.74) is 1.84. The van der Waals surface area contributed by atoms with Crippen LogP contribution in [0.1, 0.15) is 28.6 Å². The van der Waals surface area contributed by atoms with Crippen LogP contribution in [0, 0.1) is 5.92 Å². The Bertz CT molecular complexity index is 1000. The van der Waals surface area contributed by atoms with Crippen molar-refractivity contribution in [3.63, 3.8) is 0 Å². The molecule has 2 aromatic heterocycles. The van der Waals surface area contributed by atoms with Crippen LogP contribution in [0.4, 0.5) is 0 Å². The lowest BCUT2D eigenvalue weighted by molar-refractivity contribution is 0.0566. The van der Waals surface area contributed by atoms with Crippen molar-refractivity contribution in [3.8, 4) is 0 Å². The number of hydrogen-bond donors (Lipinski definition) is 0. The molecule has 0 saturated carbocycles. The molecule has 3 aromatic rings. The lowest BCUT2D eigenvalue weighted by Gasteiger charge is -2.42. The third-order valence-electron chi connectivity index (χ3n) is 5.40. The topological polar surface area (TPSA) is 55.5 Å². The molecule has 2 atom stereocenters. The molecule has 1 aromatic carbocycles. The maximum atomic E-state index is 12.9. The Morgan fingerprint density at radius 1 is 1.04 bits per heavy atom. The molecule has 0 N–H and O–H groups in total. The van der Waals surface area contributed by atoms with E-state index < -0.39 is 0 Å². The first kappa shape index (κ1) is 14.5. The van der Waals surface area contributed by atoms with Crippen molar-refractivity contribution in [1.82, 2.24) is 9.47 Å². The molecule has 2 aliphatic rings. The van der Waals surface area contributed by atoms with Gasteiger partial charge in [-0.1, -0.05) is 24.3 Å². The number of carbonyl (C=O) groups excluding carboxylic acids is 1. The zero-order chi connectivity index (χ0) is 17.0. The maximum Gasteiger partial charge on any atom is 0.289 e. The number of aromatic nitrogens is 1. The minimum absolute atomic E-state index is 0.0578. The van der Waals surface area contributed by atoms with E-state index in [1.807, 2.05) is 51.9 Å². The number of benzene rings is 1. The maximum absolute atomic E-state index is 12.9. The Kier molecular flexibility index (Phi) is 3.10. The molecule has 0 aliphatic carbocycles. The molecule has 5 nitrogen and oxygen atoms in total. The lowest BCUT2D eigenvalue weighted by Crippen LogP contribution is -2.49. The number of hydrogen-bond acceptors (Lipinski definition) is 3. The quantitative estimate of drug-likeness (QED) is 0.688. The van der Waals surface area contributed by atoms with Crippen LogP contribution < -0.4 is 5.56 Å². The van der Waals surface area contributed by atoms with Gasteiger partial charge in [0.15, 0.2) is 5.76 Å². The third kappa shape index (κ3) is 2.30. The van der Waals surface area contributed by atoms with E-state index in [1.54, 1.807) is 6.07 Å². The minimum Gasteiger partial charge on any atom is -0.451 e. The molecule has 2 bridgehead atoms. The van der Waals surface area contributed by atoms with Crippen molar-refractivity contribution in [3.05, 3.63) is 70.3 Å². The number of para-hydroxylation sites is 1. The van der Waals surface area contributed by atoms with Gasteiger partial charge in [-0.15, -0.1) is 0 Å². The van der Waals surface area contributed by atoms with Crippen LogP contribution in [0.5, 0.6) is 0 Å². The molecule has 1 amide bonds. The molecule has 2 unspecified atom stereocenters. The smallest absolute Gasteiger partial charge is 0.289 e. The Hall–Kier alpha value is -2.82. The summed E-state index contributed by atoms with van der Waals surface area (Å²) in [5.74, 6) is 0.874. The van der Waals surface area contributed by atoms with Crippen LogP contribution in [0.2, 0.25) is 0 Å². The SMILES string of the molecule is O=C(c1cc2ccccc2o1)N1CC2CC(C1)c1cccc(=O)n1C2. The van der Waals surface area contributed by atoms with Crippen LogP contribution in [0.3, 0.4) is 0 Å². The third-order valence-corrected chi connectivity index (χ3v) is 5.40. The van der Waals surface area contributed by atoms with Gasteiger partial charge in [0.2, 0.25) is 0 Å². The molecule has 2 aliphatic heterocycles. The van der Waals surface area contributed by atoms with Crippen molar-refractivity contribution < 1.29 is 9.21 Å². The van der Waals surface area contributed by atoms with Crippen molar-refractivity contribution >= 4 is 16.9 Å². The average Bonchev–Trinajstić information content (AvgIpc) is 3.06. The number of carbonyl (C=O) groups is 1. The molecule has 25 heavy (non-hydrogen) atoms. The highest BCUT2D eigenvalue weighted by Crippen LogP contribution is 2.35. The van der Waals surface area contributed by atoms with Gasteiger partial charge in [0, 0.05) is 42.7 Å². The number of rotatable bonds is 1. The van der Waals surface area contributed by atoms with E-state index in [0.717, 1.165) is 23.1 Å². The fraction of sp³-hybridized carbons (Fsp3) is 0.300. The minimum atomic E-state index is -0.0578. The molecule has 5 heteroatoms. The van der Waals surface area contributed by atoms with Crippen LogP contribution in [0.15, 0.2) is 57.7 Å². The van der Waals surface area contributed by atoms with Crippen LogP contribution in [-0.2, 0) is 6.54 Å². The number of furan rings is 1. The normalized spacial score (nSPS) is 22.0. The second kappa shape index (κ2) is 5.34. The number of fused-ring (bicyclic) bond motifs is 5. The standard InChI is InChI=1S/C20H18N2O3/c23-19-7-3-5-16-15-8-13(11-22(16)19)10-21(12-15)20(24)18-9-14-4-1-2-6-17(14)25-18/h1-7,9,13,15H,8,10-12H2. The molecule has 5 rings (SSSR count). The van der Waals surface area contributed by atoms with Crippen LogP contribution >= 0.6 is 0 Å². The summed E-state index contributed by atoms with van der Waals surface area (Å²) >= 11 is 0. The van der Waals surface area contributed by atoms with Crippen molar-refractivity contribution in [2.75, 3.05) is 13.1 Å². The van der Waals surface area contributed by atoms with Gasteiger partial charge in [0.1, 0.15) is 5.58 Å². The highest BCUT2D eigenvalue weighted by molar-refractivity contribution is 5.96. The summed E-state index contributed by atoms with van der Waals surface area (Å²) in [4.78, 5) is 26.9. The first-order valence-electron chi connectivity index (χ1n) is 8.66. The number of piperidine rings is 1. The Balaban J connectivity index is 1.46. The molecule has 4 heterocycles. The number of amides is 1. The van der Waals surface area contributed by atoms with Crippen LogP contribution in [-0.4, -0.2) is 28.5 Å². The number of pyridine rings is 1. The first-order valence-corrected chi connectivity index (χ1v) is 8.66. The fourth-order valence-electron chi connectivity index (χ4n) is 4.31. The summed E-state index contributed by atoms with van der Waals surface area (Å²) in [5, 5.41) is 0.944. The summed E-state index contributed by atoms with van der Waals surface area (Å²) in [6.45, 7) is 2.00. The summed E-state index contributed by atoms with van der Waals surface area (Å²) in [6.07, 6.45) is 1.04. The fourth-order valence-corrected chi connectivity index (χ4v) is 4.31. The highest BCUT2D eigenvalue weighted by Gasteiger charge is 2.37. The van der Waals surface area contributed by atoms with E-state index in [2.05, 4.69) is 0 Å². The van der Waals surface area contributed by atoms with Gasteiger partial charge >= 0.3 is 0 Å². The summed E-state index contributed by atoms with van der Waals surface area (Å²) in [7, 11) is 0. The molecule has 1 saturated heterocycles. The van der Waals surface area contributed by atoms with Gasteiger partial charge in [0.25, 0.3) is 11.5 Å². The zero-order valence-electron chi connectivity index (χ0n) is 13.7. The van der Waals surface area contributed by atoms with Crippen molar-refractivity contribution in [2.45, 2.75) is 18.9 Å². The Morgan fingerprint density at radius 3 is 2.80 bits per heavy atom. The molecule has 1 fully saturated rings. The van der Waals surface area contributed by atoms with E-state index >= 15 is 0 Å². The first-order chi connectivity index (χ1) is 12.2. The summed E-state index contributed by atoms with van der Waals surface area (Å²) < 4.78 is 7.62. The lowest BCUT2D eigenvalue weighted by atomic mass is 9.83. The Labute approximate surface area is 144 Å². The zero-order valence-corrected chi connectivity index (χ0v) is 13.7. The molecular formula is C20H18N2O3. The average molecular weight is 334 g/mol. The second-order valence-electron chi connectivity index (χ2n) is 7.06. The van der Waals surface area contributed by atoms with E-state index in [1.165, 1.54) is 0 Å². The monoisotopic (exact) mass is 334 g/mol. The summed E-state index contributed by atoms with van der Waals surface area (Å²) in [6, 6.07) is 14.9. The van der Waals surface area contributed by atoms with Gasteiger partial charge in [-0.05, 0) is 30.5 Å². The number of nitrogens with zero attached hydrogens (tertiary/aromatic N) is 2. The molecule has 0 spiro atoms. The van der Waals surface area contributed by atoms with Crippen molar-refractivity contribution in [2.24, 2.45) is 5.92 Å². The van der Waals surface area contributed by atoms with Gasteiger partial charge in [-0.25, -0.2) is 0 Å². The second-order valence-corrected chi connectivity index (χ2v) is 7.06. The Morgan fingerprint density at radius 2 is 1.92 bits per heavy atom. The largest absolute Gasteiger partial charge is 0.451 e. The van der Waals surface area contributed by atoms with Crippen LogP contribution in [0.25, 0.3) is 11.0 Å². The molecular weight excluding hydrogens is 316 g/mol. The molecule has 0 radical (unpaired) electrons. The van der Waals surface area contributed by atoms with Crippen molar-refractivity contribution in [1.29, 1.82) is 0 Å². The van der Waals surface area contributed by atoms with E-state index in [0.29, 0.717) is 31.3 Å². The van der Waals surface area contributed by atoms with Gasteiger partial charge in [-0.3, -0.25) is 9.59 Å². The van der Waals surface area contributed by atoms with E-state index in [-0.39, 0.29) is 17.4 Å². The highest BCUT2D eigenvalue weighted by atomic mass is 16.3.